The summed E-state index contributed by atoms with van der Waals surface area (Å²) in [4.78, 5) is 11.9. The van der Waals surface area contributed by atoms with Crippen molar-refractivity contribution in [1.82, 2.24) is 14.8 Å². The number of hydrogen-bond acceptors (Lipinski definition) is 5. The number of hydrogen-bond donors (Lipinski definition) is 0. The number of thioether (sulfide) groups is 1. The topological polar surface area (TPSA) is 60.9 Å². The highest BCUT2D eigenvalue weighted by Gasteiger charge is 2.13. The first-order valence-corrected chi connectivity index (χ1v) is 9.65. The van der Waals surface area contributed by atoms with Gasteiger partial charge in [-0.1, -0.05) is 41.6 Å². The van der Waals surface area contributed by atoms with Crippen LogP contribution in [0.25, 0.3) is 16.7 Å². The monoisotopic (exact) mass is 377 g/mol. The van der Waals surface area contributed by atoms with Gasteiger partial charge in [0, 0.05) is 22.9 Å². The fourth-order valence-corrected chi connectivity index (χ4v) is 4.01. The Bertz CT molecular complexity index is 1180. The van der Waals surface area contributed by atoms with Crippen molar-refractivity contribution in [3.8, 4) is 5.69 Å². The van der Waals surface area contributed by atoms with Gasteiger partial charge < -0.3 is 4.42 Å². The Kier molecular flexibility index (Phi) is 4.58. The number of aromatic nitrogens is 3. The molecule has 0 spiro atoms. The van der Waals surface area contributed by atoms with Crippen LogP contribution in [0.15, 0.2) is 62.9 Å². The zero-order valence-corrected chi connectivity index (χ0v) is 16.2. The van der Waals surface area contributed by atoms with Crippen LogP contribution in [0.4, 0.5) is 0 Å². The van der Waals surface area contributed by atoms with Gasteiger partial charge in [-0.15, -0.1) is 10.2 Å². The van der Waals surface area contributed by atoms with E-state index < -0.39 is 0 Å². The van der Waals surface area contributed by atoms with Crippen LogP contribution in [0.3, 0.4) is 0 Å². The van der Waals surface area contributed by atoms with E-state index in [9.17, 15) is 4.79 Å². The summed E-state index contributed by atoms with van der Waals surface area (Å²) >= 11 is 1.56. The van der Waals surface area contributed by atoms with Crippen molar-refractivity contribution in [3.63, 3.8) is 0 Å². The zero-order valence-electron chi connectivity index (χ0n) is 15.4. The van der Waals surface area contributed by atoms with E-state index in [1.54, 1.807) is 17.8 Å². The van der Waals surface area contributed by atoms with E-state index in [-0.39, 0.29) is 5.63 Å². The predicted octanol–water partition coefficient (Wildman–Crippen LogP) is 4.59. The molecule has 2 aromatic carbocycles. The Morgan fingerprint density at radius 3 is 2.48 bits per heavy atom. The summed E-state index contributed by atoms with van der Waals surface area (Å²) in [6.07, 6.45) is 0. The second-order valence-corrected chi connectivity index (χ2v) is 7.52. The number of aryl methyl sites for hydroxylation is 3. The minimum atomic E-state index is -0.333. The Hall–Kier alpha value is -2.86. The van der Waals surface area contributed by atoms with E-state index in [4.69, 9.17) is 4.42 Å². The van der Waals surface area contributed by atoms with Crippen LogP contribution in [0.2, 0.25) is 0 Å². The van der Waals surface area contributed by atoms with Crippen LogP contribution in [0, 0.1) is 20.8 Å². The second kappa shape index (κ2) is 7.04. The molecule has 136 valence electrons. The fraction of sp³-hybridized carbons (Fsp3) is 0.190. The summed E-state index contributed by atoms with van der Waals surface area (Å²) in [5.74, 6) is 1.43. The summed E-state index contributed by atoms with van der Waals surface area (Å²) in [6.45, 7) is 5.98. The average Bonchev–Trinajstić information content (AvgIpc) is 3.00. The number of nitrogens with zero attached hydrogens (tertiary/aromatic N) is 3. The molecule has 0 amide bonds. The lowest BCUT2D eigenvalue weighted by Gasteiger charge is -2.09. The molecule has 0 atom stereocenters. The van der Waals surface area contributed by atoms with Gasteiger partial charge in [-0.2, -0.15) is 0 Å². The molecule has 0 saturated carbocycles. The Labute approximate surface area is 161 Å². The normalized spacial score (nSPS) is 11.2. The lowest BCUT2D eigenvalue weighted by molar-refractivity contribution is 0.559. The van der Waals surface area contributed by atoms with Gasteiger partial charge in [-0.25, -0.2) is 4.79 Å². The summed E-state index contributed by atoms with van der Waals surface area (Å²) in [5, 5.41) is 10.3. The molecule has 4 aromatic rings. The molecule has 0 fully saturated rings. The van der Waals surface area contributed by atoms with Crippen molar-refractivity contribution in [2.45, 2.75) is 31.7 Å². The highest BCUT2D eigenvalue weighted by molar-refractivity contribution is 7.98. The predicted molar refractivity (Wildman–Crippen MR) is 108 cm³/mol. The SMILES string of the molecule is Cc1ccc(-n2c(C)nnc2SCc2cc(=O)oc3cc(C)ccc23)cc1. The van der Waals surface area contributed by atoms with Crippen molar-refractivity contribution in [3.05, 3.63) is 81.5 Å². The smallest absolute Gasteiger partial charge is 0.336 e. The van der Waals surface area contributed by atoms with Crippen molar-refractivity contribution in [2.24, 2.45) is 0 Å². The van der Waals surface area contributed by atoms with Gasteiger partial charge in [0.2, 0.25) is 0 Å². The van der Waals surface area contributed by atoms with Crippen LogP contribution < -0.4 is 5.63 Å². The molecule has 0 N–H and O–H groups in total. The van der Waals surface area contributed by atoms with Crippen LogP contribution in [-0.2, 0) is 5.75 Å². The van der Waals surface area contributed by atoms with Crippen molar-refractivity contribution >= 4 is 22.7 Å². The van der Waals surface area contributed by atoms with Gasteiger partial charge in [0.05, 0.1) is 0 Å². The molecule has 0 saturated heterocycles. The Balaban J connectivity index is 1.68. The Morgan fingerprint density at radius 2 is 1.70 bits per heavy atom. The van der Waals surface area contributed by atoms with E-state index in [0.717, 1.165) is 33.2 Å². The number of rotatable bonds is 4. The first-order chi connectivity index (χ1) is 13.0. The van der Waals surface area contributed by atoms with Crippen LogP contribution >= 0.6 is 11.8 Å². The fourth-order valence-electron chi connectivity index (χ4n) is 3.03. The molecule has 0 unspecified atom stereocenters. The van der Waals surface area contributed by atoms with Gasteiger partial charge in [0.15, 0.2) is 5.16 Å². The molecule has 0 aliphatic heterocycles. The summed E-state index contributed by atoms with van der Waals surface area (Å²) in [7, 11) is 0. The molecule has 0 aliphatic carbocycles. The van der Waals surface area contributed by atoms with E-state index in [1.165, 1.54) is 5.56 Å². The molecule has 0 bridgehead atoms. The molecule has 27 heavy (non-hydrogen) atoms. The molecule has 4 rings (SSSR count). The third-order valence-electron chi connectivity index (χ3n) is 4.43. The molecule has 2 heterocycles. The molecule has 0 radical (unpaired) electrons. The number of fused-ring (bicyclic) bond motifs is 1. The lowest BCUT2D eigenvalue weighted by atomic mass is 10.1. The van der Waals surface area contributed by atoms with Crippen LogP contribution in [0.1, 0.15) is 22.5 Å². The largest absolute Gasteiger partial charge is 0.423 e. The number of benzene rings is 2. The standard InChI is InChI=1S/C21H19N3O2S/c1-13-4-7-17(8-5-13)24-15(3)22-23-21(24)27-12-16-11-20(25)26-19-10-14(2)6-9-18(16)19/h4-11H,12H2,1-3H3. The third kappa shape index (κ3) is 3.53. The van der Waals surface area contributed by atoms with Crippen LogP contribution in [0.5, 0.6) is 0 Å². The van der Waals surface area contributed by atoms with Gasteiger partial charge in [0.1, 0.15) is 11.4 Å². The maximum Gasteiger partial charge on any atom is 0.336 e. The van der Waals surface area contributed by atoms with E-state index in [1.807, 2.05) is 36.6 Å². The third-order valence-corrected chi connectivity index (χ3v) is 5.41. The van der Waals surface area contributed by atoms with Gasteiger partial charge >= 0.3 is 5.63 Å². The zero-order chi connectivity index (χ0) is 19.0. The highest BCUT2D eigenvalue weighted by Crippen LogP contribution is 2.28. The van der Waals surface area contributed by atoms with Gasteiger partial charge in [-0.05, 0) is 50.1 Å². The van der Waals surface area contributed by atoms with E-state index in [2.05, 4.69) is 41.4 Å². The van der Waals surface area contributed by atoms with Crippen LogP contribution in [-0.4, -0.2) is 14.8 Å². The van der Waals surface area contributed by atoms with Gasteiger partial charge in [0.25, 0.3) is 0 Å². The summed E-state index contributed by atoms with van der Waals surface area (Å²) < 4.78 is 7.38. The second-order valence-electron chi connectivity index (χ2n) is 6.58. The maximum absolute atomic E-state index is 11.9. The summed E-state index contributed by atoms with van der Waals surface area (Å²) in [5.41, 5.74) is 4.51. The molecule has 2 aromatic heterocycles. The first kappa shape index (κ1) is 17.5. The molecular weight excluding hydrogens is 358 g/mol. The van der Waals surface area contributed by atoms with Gasteiger partial charge in [-0.3, -0.25) is 4.57 Å². The molecule has 0 aliphatic rings. The maximum atomic E-state index is 11.9. The molecule has 5 nitrogen and oxygen atoms in total. The first-order valence-electron chi connectivity index (χ1n) is 8.66. The minimum absolute atomic E-state index is 0.333. The minimum Gasteiger partial charge on any atom is -0.423 e. The summed E-state index contributed by atoms with van der Waals surface area (Å²) in [6, 6.07) is 15.7. The average molecular weight is 377 g/mol. The van der Waals surface area contributed by atoms with Crippen molar-refractivity contribution in [2.75, 3.05) is 0 Å². The van der Waals surface area contributed by atoms with Crippen molar-refractivity contribution in [1.29, 1.82) is 0 Å². The molecule has 6 heteroatoms. The highest BCUT2D eigenvalue weighted by atomic mass is 32.2. The van der Waals surface area contributed by atoms with E-state index in [0.29, 0.717) is 11.3 Å². The van der Waals surface area contributed by atoms with Crippen molar-refractivity contribution < 1.29 is 4.42 Å². The quantitative estimate of drug-likeness (QED) is 0.384. The molecular formula is C21H19N3O2S. The van der Waals surface area contributed by atoms with E-state index >= 15 is 0 Å². The lowest BCUT2D eigenvalue weighted by Crippen LogP contribution is -2.02. The Morgan fingerprint density at radius 1 is 0.963 bits per heavy atom.